The third kappa shape index (κ3) is 1.48. The molecule has 0 saturated carbocycles. The summed E-state index contributed by atoms with van der Waals surface area (Å²) in [6.07, 6.45) is 5.87. The van der Waals surface area contributed by atoms with E-state index in [9.17, 15) is 0 Å². The Morgan fingerprint density at radius 2 is 1.94 bits per heavy atom. The smallest absolute Gasteiger partial charge is 0.136 e. The maximum Gasteiger partial charge on any atom is 0.136 e. The lowest BCUT2D eigenvalue weighted by Crippen LogP contribution is -1.76. The SMILES string of the molecule is C=Cc1oc2ccc3ccccc3c2c1/C=C\C. The van der Waals surface area contributed by atoms with Gasteiger partial charge in [0.2, 0.25) is 0 Å². The van der Waals surface area contributed by atoms with Crippen molar-refractivity contribution in [1.29, 1.82) is 0 Å². The summed E-state index contributed by atoms with van der Waals surface area (Å²) in [5.74, 6) is 0.833. The van der Waals surface area contributed by atoms with Crippen LogP contribution in [0.15, 0.2) is 53.5 Å². The molecular weight excluding hydrogens is 220 g/mol. The molecule has 88 valence electrons. The number of hydrogen-bond acceptors (Lipinski definition) is 1. The second-order valence-electron chi connectivity index (χ2n) is 4.24. The molecule has 0 atom stereocenters. The van der Waals surface area contributed by atoms with E-state index in [4.69, 9.17) is 4.42 Å². The molecule has 1 heteroatoms. The van der Waals surface area contributed by atoms with E-state index in [1.807, 2.05) is 19.1 Å². The minimum atomic E-state index is 0.833. The van der Waals surface area contributed by atoms with E-state index in [2.05, 4.69) is 43.0 Å². The molecule has 0 radical (unpaired) electrons. The van der Waals surface area contributed by atoms with Crippen molar-refractivity contribution < 1.29 is 4.42 Å². The molecule has 0 saturated heterocycles. The van der Waals surface area contributed by atoms with Crippen molar-refractivity contribution in [3.8, 4) is 0 Å². The Hall–Kier alpha value is -2.28. The van der Waals surface area contributed by atoms with E-state index < -0.39 is 0 Å². The van der Waals surface area contributed by atoms with Gasteiger partial charge in [-0.15, -0.1) is 0 Å². The van der Waals surface area contributed by atoms with Gasteiger partial charge in [0.1, 0.15) is 11.3 Å². The quantitative estimate of drug-likeness (QED) is 0.589. The molecule has 2 aromatic carbocycles. The summed E-state index contributed by atoms with van der Waals surface area (Å²) in [6.45, 7) is 5.83. The predicted octanol–water partition coefficient (Wildman–Crippen LogP) is 5.26. The molecule has 0 bridgehead atoms. The molecule has 0 amide bonds. The summed E-state index contributed by atoms with van der Waals surface area (Å²) in [5.41, 5.74) is 2.02. The Balaban J connectivity index is 2.54. The van der Waals surface area contributed by atoms with Crippen LogP contribution in [0.5, 0.6) is 0 Å². The molecular formula is C17H14O. The summed E-state index contributed by atoms with van der Waals surface area (Å²) in [5, 5.41) is 3.62. The van der Waals surface area contributed by atoms with Gasteiger partial charge in [-0.05, 0) is 29.8 Å². The largest absolute Gasteiger partial charge is 0.456 e. The zero-order valence-electron chi connectivity index (χ0n) is 10.3. The topological polar surface area (TPSA) is 13.1 Å². The molecule has 18 heavy (non-hydrogen) atoms. The van der Waals surface area contributed by atoms with E-state index >= 15 is 0 Å². The van der Waals surface area contributed by atoms with Crippen molar-refractivity contribution in [2.45, 2.75) is 6.92 Å². The Morgan fingerprint density at radius 1 is 1.11 bits per heavy atom. The van der Waals surface area contributed by atoms with Crippen molar-refractivity contribution >= 4 is 33.9 Å². The number of rotatable bonds is 2. The highest BCUT2D eigenvalue weighted by molar-refractivity contribution is 6.10. The predicted molar refractivity (Wildman–Crippen MR) is 78.5 cm³/mol. The normalized spacial score (nSPS) is 11.6. The monoisotopic (exact) mass is 234 g/mol. The molecule has 0 fully saturated rings. The lowest BCUT2D eigenvalue weighted by Gasteiger charge is -1.99. The number of hydrogen-bond donors (Lipinski definition) is 0. The lowest BCUT2D eigenvalue weighted by molar-refractivity contribution is 0.603. The van der Waals surface area contributed by atoms with Crippen LogP contribution >= 0.6 is 0 Å². The molecule has 0 aliphatic heterocycles. The molecule has 3 rings (SSSR count). The Labute approximate surface area is 106 Å². The standard InChI is InChI=1S/C17H14O/c1-3-7-14-15(4-2)18-16-11-10-12-8-5-6-9-13(12)17(14)16/h3-11H,2H2,1H3/b7-3-. The fourth-order valence-electron chi connectivity index (χ4n) is 2.39. The first kappa shape index (κ1) is 10.8. The van der Waals surface area contributed by atoms with E-state index in [0.717, 1.165) is 16.9 Å². The molecule has 0 aliphatic carbocycles. The van der Waals surface area contributed by atoms with Gasteiger partial charge in [-0.25, -0.2) is 0 Å². The van der Waals surface area contributed by atoms with Gasteiger partial charge >= 0.3 is 0 Å². The van der Waals surface area contributed by atoms with Crippen LogP contribution < -0.4 is 0 Å². The average Bonchev–Trinajstić information content (AvgIpc) is 2.78. The summed E-state index contributed by atoms with van der Waals surface area (Å²) in [4.78, 5) is 0. The summed E-state index contributed by atoms with van der Waals surface area (Å²) < 4.78 is 5.84. The highest BCUT2D eigenvalue weighted by Crippen LogP contribution is 2.33. The number of furan rings is 1. The van der Waals surface area contributed by atoms with Crippen LogP contribution in [0.1, 0.15) is 18.2 Å². The Bertz CT molecular complexity index is 760. The molecule has 1 heterocycles. The summed E-state index contributed by atoms with van der Waals surface area (Å²) in [7, 11) is 0. The van der Waals surface area contributed by atoms with Crippen LogP contribution in [0.3, 0.4) is 0 Å². The van der Waals surface area contributed by atoms with Crippen LogP contribution in [0.4, 0.5) is 0 Å². The number of allylic oxidation sites excluding steroid dienone is 1. The Kier molecular flexibility index (Phi) is 2.52. The van der Waals surface area contributed by atoms with Gasteiger partial charge in [0.25, 0.3) is 0 Å². The molecule has 0 spiro atoms. The van der Waals surface area contributed by atoms with Crippen molar-refractivity contribution in [2.24, 2.45) is 0 Å². The zero-order valence-corrected chi connectivity index (χ0v) is 10.3. The van der Waals surface area contributed by atoms with Crippen molar-refractivity contribution in [2.75, 3.05) is 0 Å². The van der Waals surface area contributed by atoms with Crippen molar-refractivity contribution in [3.05, 3.63) is 60.4 Å². The van der Waals surface area contributed by atoms with Crippen LogP contribution in [-0.2, 0) is 0 Å². The third-order valence-corrected chi connectivity index (χ3v) is 3.16. The minimum absolute atomic E-state index is 0.833. The van der Waals surface area contributed by atoms with Gasteiger partial charge in [0.05, 0.1) is 0 Å². The van der Waals surface area contributed by atoms with Crippen LogP contribution in [0.2, 0.25) is 0 Å². The van der Waals surface area contributed by atoms with Crippen LogP contribution in [0, 0.1) is 0 Å². The van der Waals surface area contributed by atoms with Crippen LogP contribution in [0.25, 0.3) is 33.9 Å². The molecule has 3 aromatic rings. The molecule has 0 unspecified atom stereocenters. The second-order valence-corrected chi connectivity index (χ2v) is 4.24. The van der Waals surface area contributed by atoms with Crippen molar-refractivity contribution in [3.63, 3.8) is 0 Å². The third-order valence-electron chi connectivity index (χ3n) is 3.16. The van der Waals surface area contributed by atoms with E-state index in [-0.39, 0.29) is 0 Å². The van der Waals surface area contributed by atoms with Gasteiger partial charge in [0, 0.05) is 10.9 Å². The molecule has 1 nitrogen and oxygen atoms in total. The highest BCUT2D eigenvalue weighted by Gasteiger charge is 2.12. The van der Waals surface area contributed by atoms with Gasteiger partial charge in [-0.2, -0.15) is 0 Å². The number of fused-ring (bicyclic) bond motifs is 3. The molecule has 1 aromatic heterocycles. The van der Waals surface area contributed by atoms with Gasteiger partial charge in [-0.3, -0.25) is 0 Å². The first-order chi connectivity index (χ1) is 8.85. The van der Waals surface area contributed by atoms with E-state index in [1.54, 1.807) is 6.08 Å². The molecule has 0 aliphatic rings. The van der Waals surface area contributed by atoms with Gasteiger partial charge in [-0.1, -0.05) is 49.1 Å². The van der Waals surface area contributed by atoms with Crippen LogP contribution in [-0.4, -0.2) is 0 Å². The fraction of sp³-hybridized carbons (Fsp3) is 0.0588. The summed E-state index contributed by atoms with van der Waals surface area (Å²) >= 11 is 0. The van der Waals surface area contributed by atoms with E-state index in [0.29, 0.717) is 0 Å². The zero-order chi connectivity index (χ0) is 12.5. The van der Waals surface area contributed by atoms with Gasteiger partial charge in [0.15, 0.2) is 0 Å². The minimum Gasteiger partial charge on any atom is -0.456 e. The molecule has 0 N–H and O–H groups in total. The maximum atomic E-state index is 5.84. The van der Waals surface area contributed by atoms with E-state index in [1.165, 1.54) is 16.2 Å². The highest BCUT2D eigenvalue weighted by atomic mass is 16.3. The maximum absolute atomic E-state index is 5.84. The van der Waals surface area contributed by atoms with Crippen molar-refractivity contribution in [1.82, 2.24) is 0 Å². The first-order valence-electron chi connectivity index (χ1n) is 6.04. The van der Waals surface area contributed by atoms with Gasteiger partial charge < -0.3 is 4.42 Å². The average molecular weight is 234 g/mol. The lowest BCUT2D eigenvalue weighted by atomic mass is 10.0. The first-order valence-corrected chi connectivity index (χ1v) is 6.04. The second kappa shape index (κ2) is 4.19. The summed E-state index contributed by atoms with van der Waals surface area (Å²) in [6, 6.07) is 12.5. The number of benzene rings is 2. The Morgan fingerprint density at radius 3 is 2.72 bits per heavy atom. The fourth-order valence-corrected chi connectivity index (χ4v) is 2.39.